The van der Waals surface area contributed by atoms with E-state index >= 15 is 0 Å². The fraction of sp³-hybridized carbons (Fsp3) is 0.611. The van der Waals surface area contributed by atoms with Crippen LogP contribution in [0, 0.1) is 5.41 Å². The van der Waals surface area contributed by atoms with Crippen LogP contribution in [-0.2, 0) is 0 Å². The molecule has 6 heteroatoms. The van der Waals surface area contributed by atoms with Crippen LogP contribution >= 0.6 is 0 Å². The number of methoxy groups -OCH3 is 1. The number of nitrogens with zero attached hydrogens (tertiary/aromatic N) is 1. The van der Waals surface area contributed by atoms with E-state index in [0.717, 1.165) is 26.1 Å². The molecule has 4 N–H and O–H groups in total. The highest BCUT2D eigenvalue weighted by Crippen LogP contribution is 2.26. The van der Waals surface area contributed by atoms with Crippen molar-refractivity contribution in [2.24, 2.45) is 11.1 Å². The number of nitrogens with one attached hydrogen (secondary N) is 1. The predicted molar refractivity (Wildman–Crippen MR) is 96.6 cm³/mol. The molecular formula is C18H31N3O3. The topological polar surface area (TPSA) is 87.8 Å². The van der Waals surface area contributed by atoms with E-state index in [1.165, 1.54) is 19.2 Å². The standard InChI is InChI=1S/C18H31N3O3/c1-18(2,3)7-10-21(11-8-19)12-9-20-17(23)14-5-6-15(22)16(13-14)24-4/h5-6,13,22H,7-12,19H2,1-4H3,(H,20,23). The molecular weight excluding hydrogens is 306 g/mol. The molecule has 0 bridgehead atoms. The number of aromatic hydroxyl groups is 1. The highest BCUT2D eigenvalue weighted by atomic mass is 16.5. The van der Waals surface area contributed by atoms with Crippen LogP contribution in [0.25, 0.3) is 0 Å². The van der Waals surface area contributed by atoms with Crippen molar-refractivity contribution in [1.29, 1.82) is 0 Å². The summed E-state index contributed by atoms with van der Waals surface area (Å²) in [5, 5.41) is 12.5. The number of benzene rings is 1. The summed E-state index contributed by atoms with van der Waals surface area (Å²) >= 11 is 0. The van der Waals surface area contributed by atoms with Crippen molar-refractivity contribution < 1.29 is 14.6 Å². The molecule has 0 aliphatic heterocycles. The van der Waals surface area contributed by atoms with Crippen molar-refractivity contribution in [2.45, 2.75) is 27.2 Å². The third-order valence-electron chi connectivity index (χ3n) is 3.78. The van der Waals surface area contributed by atoms with Crippen LogP contribution in [0.1, 0.15) is 37.6 Å². The second kappa shape index (κ2) is 9.49. The second-order valence-corrected chi connectivity index (χ2v) is 7.08. The lowest BCUT2D eigenvalue weighted by Crippen LogP contribution is -2.38. The fourth-order valence-corrected chi connectivity index (χ4v) is 2.26. The number of hydrogen-bond acceptors (Lipinski definition) is 5. The van der Waals surface area contributed by atoms with E-state index in [-0.39, 0.29) is 22.8 Å². The number of rotatable bonds is 9. The molecule has 1 aromatic rings. The summed E-state index contributed by atoms with van der Waals surface area (Å²) in [6.45, 7) is 10.3. The van der Waals surface area contributed by atoms with Gasteiger partial charge in [0.25, 0.3) is 5.91 Å². The Morgan fingerprint density at radius 3 is 2.58 bits per heavy atom. The zero-order valence-electron chi connectivity index (χ0n) is 15.3. The van der Waals surface area contributed by atoms with Gasteiger partial charge in [-0.1, -0.05) is 20.8 Å². The Hall–Kier alpha value is -1.79. The van der Waals surface area contributed by atoms with Crippen LogP contribution in [0.4, 0.5) is 0 Å². The Kier molecular flexibility index (Phi) is 8.01. The first-order chi connectivity index (χ1) is 11.3. The largest absolute Gasteiger partial charge is 0.504 e. The lowest BCUT2D eigenvalue weighted by molar-refractivity contribution is 0.0947. The quantitative estimate of drug-likeness (QED) is 0.640. The summed E-state index contributed by atoms with van der Waals surface area (Å²) in [5.74, 6) is 0.125. The fourth-order valence-electron chi connectivity index (χ4n) is 2.26. The molecule has 0 aliphatic carbocycles. The molecule has 0 aliphatic rings. The van der Waals surface area contributed by atoms with Crippen LogP contribution in [0.5, 0.6) is 11.5 Å². The average Bonchev–Trinajstić information content (AvgIpc) is 2.52. The molecule has 0 heterocycles. The summed E-state index contributed by atoms with van der Waals surface area (Å²) in [5.41, 5.74) is 6.41. The number of ether oxygens (including phenoxy) is 1. The minimum atomic E-state index is -0.184. The van der Waals surface area contributed by atoms with E-state index in [0.29, 0.717) is 18.7 Å². The van der Waals surface area contributed by atoms with Gasteiger partial charge in [-0.2, -0.15) is 0 Å². The number of phenolic OH excluding ortho intramolecular Hbond substituents is 1. The number of carbonyl (C=O) groups excluding carboxylic acids is 1. The van der Waals surface area contributed by atoms with Gasteiger partial charge in [0, 0.05) is 31.7 Å². The minimum Gasteiger partial charge on any atom is -0.504 e. The van der Waals surface area contributed by atoms with Crippen LogP contribution in [0.3, 0.4) is 0 Å². The second-order valence-electron chi connectivity index (χ2n) is 7.08. The highest BCUT2D eigenvalue weighted by molar-refractivity contribution is 5.94. The first kappa shape index (κ1) is 20.3. The lowest BCUT2D eigenvalue weighted by atomic mass is 9.92. The Labute approximate surface area is 145 Å². The maximum atomic E-state index is 12.2. The predicted octanol–water partition coefficient (Wildman–Crippen LogP) is 1.83. The molecule has 0 radical (unpaired) electrons. The normalized spacial score (nSPS) is 11.6. The molecule has 0 spiro atoms. The first-order valence-electron chi connectivity index (χ1n) is 8.34. The van der Waals surface area contributed by atoms with Crippen molar-refractivity contribution in [3.8, 4) is 11.5 Å². The van der Waals surface area contributed by atoms with E-state index in [1.54, 1.807) is 6.07 Å². The number of amides is 1. The molecule has 1 rings (SSSR count). The van der Waals surface area contributed by atoms with Crippen LogP contribution in [0.2, 0.25) is 0 Å². The van der Waals surface area contributed by atoms with Gasteiger partial charge >= 0.3 is 0 Å². The Morgan fingerprint density at radius 1 is 1.29 bits per heavy atom. The number of phenols is 1. The van der Waals surface area contributed by atoms with Crippen LogP contribution < -0.4 is 15.8 Å². The molecule has 0 saturated heterocycles. The molecule has 0 unspecified atom stereocenters. The van der Waals surface area contributed by atoms with Gasteiger partial charge < -0.3 is 25.8 Å². The third kappa shape index (κ3) is 7.19. The Bertz CT molecular complexity index is 527. The van der Waals surface area contributed by atoms with E-state index in [4.69, 9.17) is 10.5 Å². The monoisotopic (exact) mass is 337 g/mol. The Balaban J connectivity index is 2.50. The number of nitrogens with two attached hydrogens (primary N) is 1. The maximum absolute atomic E-state index is 12.2. The van der Waals surface area contributed by atoms with Crippen molar-refractivity contribution in [2.75, 3.05) is 39.8 Å². The Morgan fingerprint density at radius 2 is 2.00 bits per heavy atom. The summed E-state index contributed by atoms with van der Waals surface area (Å²) in [6.07, 6.45) is 1.08. The van der Waals surface area contributed by atoms with Gasteiger partial charge in [-0.05, 0) is 36.6 Å². The molecule has 1 amide bonds. The SMILES string of the molecule is COc1cc(C(=O)NCCN(CCN)CCC(C)(C)C)ccc1O. The zero-order valence-corrected chi connectivity index (χ0v) is 15.3. The zero-order chi connectivity index (χ0) is 18.2. The molecule has 0 fully saturated rings. The van der Waals surface area contributed by atoms with Gasteiger partial charge in [0.05, 0.1) is 7.11 Å². The molecule has 24 heavy (non-hydrogen) atoms. The van der Waals surface area contributed by atoms with Crippen LogP contribution in [0.15, 0.2) is 18.2 Å². The van der Waals surface area contributed by atoms with Crippen molar-refractivity contribution in [3.05, 3.63) is 23.8 Å². The molecule has 6 nitrogen and oxygen atoms in total. The van der Waals surface area contributed by atoms with Crippen molar-refractivity contribution >= 4 is 5.91 Å². The van der Waals surface area contributed by atoms with Gasteiger partial charge in [-0.3, -0.25) is 4.79 Å². The van der Waals surface area contributed by atoms with Gasteiger partial charge in [0.1, 0.15) is 0 Å². The highest BCUT2D eigenvalue weighted by Gasteiger charge is 2.14. The van der Waals surface area contributed by atoms with Gasteiger partial charge in [0.15, 0.2) is 11.5 Å². The van der Waals surface area contributed by atoms with E-state index in [2.05, 4.69) is 31.0 Å². The van der Waals surface area contributed by atoms with Crippen molar-refractivity contribution in [3.63, 3.8) is 0 Å². The minimum absolute atomic E-state index is 0.0188. The number of carbonyl (C=O) groups is 1. The molecule has 1 aromatic carbocycles. The smallest absolute Gasteiger partial charge is 0.251 e. The summed E-state index contributed by atoms with van der Waals surface area (Å²) in [4.78, 5) is 14.5. The van der Waals surface area contributed by atoms with Crippen molar-refractivity contribution in [1.82, 2.24) is 10.2 Å². The van der Waals surface area contributed by atoms with Gasteiger partial charge in [0.2, 0.25) is 0 Å². The summed E-state index contributed by atoms with van der Waals surface area (Å²) < 4.78 is 5.02. The lowest BCUT2D eigenvalue weighted by Gasteiger charge is -2.26. The van der Waals surface area contributed by atoms with Gasteiger partial charge in [-0.25, -0.2) is 0 Å². The summed E-state index contributed by atoms with van der Waals surface area (Å²) in [7, 11) is 1.46. The molecule has 0 saturated carbocycles. The third-order valence-corrected chi connectivity index (χ3v) is 3.78. The molecule has 0 aromatic heterocycles. The molecule has 0 atom stereocenters. The average molecular weight is 337 g/mol. The van der Waals surface area contributed by atoms with Gasteiger partial charge in [-0.15, -0.1) is 0 Å². The first-order valence-corrected chi connectivity index (χ1v) is 8.34. The number of hydrogen-bond donors (Lipinski definition) is 3. The molecule has 136 valence electrons. The van der Waals surface area contributed by atoms with E-state index < -0.39 is 0 Å². The van der Waals surface area contributed by atoms with E-state index in [9.17, 15) is 9.90 Å². The maximum Gasteiger partial charge on any atom is 0.251 e. The van der Waals surface area contributed by atoms with Crippen LogP contribution in [-0.4, -0.2) is 55.7 Å². The van der Waals surface area contributed by atoms with E-state index in [1.807, 2.05) is 0 Å². The summed E-state index contributed by atoms with van der Waals surface area (Å²) in [6, 6.07) is 4.56.